The van der Waals surface area contributed by atoms with Crippen LogP contribution in [0.5, 0.6) is 0 Å². The summed E-state index contributed by atoms with van der Waals surface area (Å²) in [5, 5.41) is 9.48. The topological polar surface area (TPSA) is 86.7 Å². The number of aromatic nitrogens is 1. The Bertz CT molecular complexity index is 1030. The van der Waals surface area contributed by atoms with E-state index in [0.29, 0.717) is 25.6 Å². The van der Waals surface area contributed by atoms with Gasteiger partial charge < -0.3 is 10.6 Å². The van der Waals surface area contributed by atoms with Crippen molar-refractivity contribution in [3.63, 3.8) is 0 Å². The van der Waals surface area contributed by atoms with Crippen molar-refractivity contribution in [1.82, 2.24) is 20.5 Å². The summed E-state index contributed by atoms with van der Waals surface area (Å²) in [7, 11) is 0. The lowest BCUT2D eigenvalue weighted by atomic mass is 9.85. The Morgan fingerprint density at radius 1 is 1.12 bits per heavy atom. The molecule has 1 aromatic heterocycles. The van der Waals surface area contributed by atoms with Gasteiger partial charge in [-0.15, -0.1) is 11.3 Å². The maximum atomic E-state index is 12.8. The highest BCUT2D eigenvalue weighted by atomic mass is 32.1. The Hall–Kier alpha value is -3.00. The van der Waals surface area contributed by atoms with Gasteiger partial charge in [-0.2, -0.15) is 0 Å². The standard InChI is InChI=1S/C24H27N5O2S/c1-2-25-24(27-13-18-14-32-21(28-18)15-6-4-3-5-7-15)26-10-11-29-22(30)19-16-8-9-17(12-16)20(19)23(29)31/h3-9,14,16-17,19-20H,2,10-13H2,1H3,(H2,25,26,27). The van der Waals surface area contributed by atoms with Crippen LogP contribution in [0.3, 0.4) is 0 Å². The van der Waals surface area contributed by atoms with E-state index in [4.69, 9.17) is 0 Å². The Labute approximate surface area is 191 Å². The number of aliphatic imine (C=N–C) groups is 1. The van der Waals surface area contributed by atoms with Gasteiger partial charge in [0.2, 0.25) is 11.8 Å². The zero-order chi connectivity index (χ0) is 22.1. The van der Waals surface area contributed by atoms with Crippen molar-refractivity contribution < 1.29 is 9.59 Å². The lowest BCUT2D eigenvalue weighted by molar-refractivity contribution is -0.140. The Balaban J connectivity index is 1.17. The summed E-state index contributed by atoms with van der Waals surface area (Å²) >= 11 is 1.61. The number of thiazole rings is 1. The molecule has 1 saturated heterocycles. The predicted molar refractivity (Wildman–Crippen MR) is 125 cm³/mol. The Kier molecular flexibility index (Phi) is 5.78. The largest absolute Gasteiger partial charge is 0.357 e. The summed E-state index contributed by atoms with van der Waals surface area (Å²) in [5.74, 6) is 0.871. The van der Waals surface area contributed by atoms with Crippen LogP contribution in [0, 0.1) is 23.7 Å². The van der Waals surface area contributed by atoms with Crippen LogP contribution in [0.15, 0.2) is 52.9 Å². The van der Waals surface area contributed by atoms with Crippen LogP contribution in [-0.4, -0.2) is 47.3 Å². The number of amides is 2. The smallest absolute Gasteiger partial charge is 0.233 e. The quantitative estimate of drug-likeness (QED) is 0.294. The van der Waals surface area contributed by atoms with E-state index in [0.717, 1.165) is 29.2 Å². The molecule has 4 unspecified atom stereocenters. The van der Waals surface area contributed by atoms with E-state index in [1.165, 1.54) is 4.90 Å². The second-order valence-electron chi connectivity index (χ2n) is 8.46. The SMILES string of the molecule is CCNC(=NCc1csc(-c2ccccc2)n1)NCCN1C(=O)C2C3C=CC(C3)C2C1=O. The molecule has 1 saturated carbocycles. The number of fused-ring (bicyclic) bond motifs is 5. The maximum Gasteiger partial charge on any atom is 0.233 e. The molecular formula is C24H27N5O2S. The number of nitrogens with zero attached hydrogens (tertiary/aromatic N) is 3. The zero-order valence-electron chi connectivity index (χ0n) is 18.0. The molecule has 7 nitrogen and oxygen atoms in total. The summed E-state index contributed by atoms with van der Waals surface area (Å²) in [5.41, 5.74) is 2.01. The molecule has 2 bridgehead atoms. The molecule has 32 heavy (non-hydrogen) atoms. The van der Waals surface area contributed by atoms with Gasteiger partial charge in [0, 0.05) is 30.6 Å². The molecule has 1 aromatic carbocycles. The van der Waals surface area contributed by atoms with E-state index in [9.17, 15) is 9.59 Å². The second-order valence-corrected chi connectivity index (χ2v) is 9.32. The third-order valence-corrected chi connectivity index (χ3v) is 7.45. The molecule has 3 aliphatic rings. The number of allylic oxidation sites excluding steroid dienone is 2. The summed E-state index contributed by atoms with van der Waals surface area (Å²) in [6, 6.07) is 10.1. The lowest BCUT2D eigenvalue weighted by Crippen LogP contribution is -2.43. The summed E-state index contributed by atoms with van der Waals surface area (Å²) in [4.78, 5) is 36.4. The summed E-state index contributed by atoms with van der Waals surface area (Å²) < 4.78 is 0. The van der Waals surface area contributed by atoms with Gasteiger partial charge in [-0.1, -0.05) is 42.5 Å². The summed E-state index contributed by atoms with van der Waals surface area (Å²) in [6.45, 7) is 4.02. The van der Waals surface area contributed by atoms with Gasteiger partial charge in [-0.25, -0.2) is 9.98 Å². The third kappa shape index (κ3) is 3.83. The number of hydrogen-bond acceptors (Lipinski definition) is 5. The molecule has 0 spiro atoms. The van der Waals surface area contributed by atoms with Crippen molar-refractivity contribution in [2.75, 3.05) is 19.6 Å². The van der Waals surface area contributed by atoms with E-state index >= 15 is 0 Å². The fraction of sp³-hybridized carbons (Fsp3) is 0.417. The first-order chi connectivity index (χ1) is 15.7. The minimum absolute atomic E-state index is 0.00324. The molecule has 8 heteroatoms. The number of likely N-dealkylation sites (tertiary alicyclic amines) is 1. The number of nitrogens with one attached hydrogen (secondary N) is 2. The van der Waals surface area contributed by atoms with Crippen LogP contribution in [0.1, 0.15) is 19.0 Å². The van der Waals surface area contributed by atoms with Gasteiger partial charge in [0.05, 0.1) is 24.1 Å². The number of benzene rings is 1. The fourth-order valence-corrected chi connectivity index (χ4v) is 5.88. The number of carbonyl (C=O) groups excluding carboxylic acids is 2. The normalized spacial score (nSPS) is 26.2. The molecule has 0 radical (unpaired) electrons. The second kappa shape index (κ2) is 8.86. The lowest BCUT2D eigenvalue weighted by Gasteiger charge is -2.18. The van der Waals surface area contributed by atoms with Crippen molar-refractivity contribution in [3.05, 3.63) is 53.6 Å². The van der Waals surface area contributed by atoms with E-state index in [2.05, 4.69) is 32.8 Å². The van der Waals surface area contributed by atoms with Crippen LogP contribution >= 0.6 is 11.3 Å². The average Bonchev–Trinajstić information content (AvgIpc) is 3.59. The Morgan fingerprint density at radius 3 is 2.53 bits per heavy atom. The van der Waals surface area contributed by atoms with E-state index in [1.807, 2.05) is 42.6 Å². The highest BCUT2D eigenvalue weighted by Crippen LogP contribution is 2.52. The molecule has 4 atom stereocenters. The van der Waals surface area contributed by atoms with Gasteiger partial charge in [-0.3, -0.25) is 14.5 Å². The average molecular weight is 450 g/mol. The van der Waals surface area contributed by atoms with Gasteiger partial charge >= 0.3 is 0 Å². The van der Waals surface area contributed by atoms with Gasteiger partial charge in [0.25, 0.3) is 0 Å². The number of carbonyl (C=O) groups is 2. The Morgan fingerprint density at radius 2 is 1.84 bits per heavy atom. The van der Waals surface area contributed by atoms with E-state index in [1.54, 1.807) is 11.3 Å². The first kappa shape index (κ1) is 20.9. The summed E-state index contributed by atoms with van der Waals surface area (Å²) in [6.07, 6.45) is 5.20. The molecule has 2 amide bonds. The highest BCUT2D eigenvalue weighted by molar-refractivity contribution is 7.13. The van der Waals surface area contributed by atoms with Crippen LogP contribution in [0.2, 0.25) is 0 Å². The predicted octanol–water partition coefficient (Wildman–Crippen LogP) is 2.67. The molecule has 1 aliphatic heterocycles. The van der Waals surface area contributed by atoms with Crippen LogP contribution in [0.4, 0.5) is 0 Å². The minimum atomic E-state index is -0.136. The minimum Gasteiger partial charge on any atom is -0.357 e. The number of guanidine groups is 1. The van der Waals surface area contributed by atoms with Crippen molar-refractivity contribution in [2.24, 2.45) is 28.7 Å². The van der Waals surface area contributed by atoms with Crippen LogP contribution in [-0.2, 0) is 16.1 Å². The van der Waals surface area contributed by atoms with E-state index < -0.39 is 0 Å². The van der Waals surface area contributed by atoms with Crippen molar-refractivity contribution in [1.29, 1.82) is 0 Å². The molecular weight excluding hydrogens is 422 g/mol. The van der Waals surface area contributed by atoms with E-state index in [-0.39, 0.29) is 35.5 Å². The fourth-order valence-electron chi connectivity index (χ4n) is 5.07. The molecule has 2 heterocycles. The molecule has 2 aromatic rings. The van der Waals surface area contributed by atoms with Crippen molar-refractivity contribution in [2.45, 2.75) is 19.9 Å². The van der Waals surface area contributed by atoms with Crippen molar-refractivity contribution >= 4 is 29.1 Å². The van der Waals surface area contributed by atoms with Gasteiger partial charge in [0.1, 0.15) is 5.01 Å². The third-order valence-electron chi connectivity index (χ3n) is 6.51. The monoisotopic (exact) mass is 449 g/mol. The first-order valence-electron chi connectivity index (χ1n) is 11.2. The number of imide groups is 1. The number of hydrogen-bond donors (Lipinski definition) is 2. The first-order valence-corrected chi connectivity index (χ1v) is 12.1. The highest BCUT2D eigenvalue weighted by Gasteiger charge is 2.58. The van der Waals surface area contributed by atoms with Crippen LogP contribution < -0.4 is 10.6 Å². The molecule has 5 rings (SSSR count). The zero-order valence-corrected chi connectivity index (χ0v) is 18.8. The molecule has 2 N–H and O–H groups in total. The van der Waals surface area contributed by atoms with Gasteiger partial charge in [-0.05, 0) is 25.2 Å². The maximum absolute atomic E-state index is 12.8. The molecule has 2 fully saturated rings. The van der Waals surface area contributed by atoms with Crippen LogP contribution in [0.25, 0.3) is 10.6 Å². The van der Waals surface area contributed by atoms with Gasteiger partial charge in [0.15, 0.2) is 5.96 Å². The number of rotatable bonds is 7. The molecule has 2 aliphatic carbocycles. The molecule has 166 valence electrons. The van der Waals surface area contributed by atoms with Crippen molar-refractivity contribution in [3.8, 4) is 10.6 Å².